The van der Waals surface area contributed by atoms with Gasteiger partial charge < -0.3 is 4.42 Å². The highest BCUT2D eigenvalue weighted by Gasteiger charge is 2.37. The first-order chi connectivity index (χ1) is 20.0. The summed E-state index contributed by atoms with van der Waals surface area (Å²) in [4.78, 5) is 0. The molecule has 0 radical (unpaired) electrons. The first kappa shape index (κ1) is 24.2. The molecule has 0 atom stereocenters. The Balaban J connectivity index is 1.29. The zero-order chi connectivity index (χ0) is 27.7. The summed E-state index contributed by atoms with van der Waals surface area (Å²) in [6.45, 7) is 4.70. The zero-order valence-corrected chi connectivity index (χ0v) is 23.7. The van der Waals surface area contributed by atoms with Crippen molar-refractivity contribution in [1.82, 2.24) is 0 Å². The van der Waals surface area contributed by atoms with Gasteiger partial charge in [0, 0.05) is 16.2 Å². The Labute approximate surface area is 244 Å². The Morgan fingerprint density at radius 1 is 0.512 bits per heavy atom. The van der Waals surface area contributed by atoms with E-state index in [9.17, 15) is 0 Å². The maximum Gasteiger partial charge on any atom is 0.136 e. The fourth-order valence-electron chi connectivity index (χ4n) is 6.75. The third-order valence-electron chi connectivity index (χ3n) is 8.78. The summed E-state index contributed by atoms with van der Waals surface area (Å²) in [7, 11) is 0. The predicted octanol–water partition coefficient (Wildman–Crippen LogP) is 11.5. The van der Waals surface area contributed by atoms with Crippen LogP contribution in [-0.4, -0.2) is 0 Å². The van der Waals surface area contributed by atoms with Crippen LogP contribution in [0.3, 0.4) is 0 Å². The van der Waals surface area contributed by atoms with Crippen LogP contribution >= 0.6 is 11.6 Å². The van der Waals surface area contributed by atoms with Gasteiger partial charge in [-0.05, 0) is 86.0 Å². The van der Waals surface area contributed by atoms with E-state index in [0.717, 1.165) is 27.5 Å². The third-order valence-corrected chi connectivity index (χ3v) is 9.09. The van der Waals surface area contributed by atoms with Crippen molar-refractivity contribution < 1.29 is 4.42 Å². The molecule has 7 aromatic rings. The average Bonchev–Trinajstić information content (AvgIpc) is 3.50. The van der Waals surface area contributed by atoms with Crippen LogP contribution in [0.15, 0.2) is 132 Å². The van der Waals surface area contributed by atoms with Gasteiger partial charge in [0.2, 0.25) is 0 Å². The van der Waals surface area contributed by atoms with Gasteiger partial charge in [-0.25, -0.2) is 0 Å². The van der Waals surface area contributed by atoms with E-state index >= 15 is 0 Å². The molecule has 2 heteroatoms. The molecule has 1 aliphatic rings. The first-order valence-electron chi connectivity index (χ1n) is 14.0. The predicted molar refractivity (Wildman–Crippen MR) is 173 cm³/mol. The number of fused-ring (bicyclic) bond motifs is 6. The lowest BCUT2D eigenvalue weighted by Crippen LogP contribution is -2.15. The van der Waals surface area contributed by atoms with E-state index < -0.39 is 0 Å². The topological polar surface area (TPSA) is 13.1 Å². The molecule has 6 aromatic carbocycles. The normalized spacial score (nSPS) is 13.4. The molecule has 0 aliphatic heterocycles. The molecule has 0 unspecified atom stereocenters. The van der Waals surface area contributed by atoms with Crippen LogP contribution in [0.4, 0.5) is 0 Å². The monoisotopic (exact) mass is 546 g/mol. The van der Waals surface area contributed by atoms with E-state index in [1.807, 2.05) is 18.2 Å². The number of furan rings is 1. The third kappa shape index (κ3) is 3.63. The fraction of sp³-hybridized carbons (Fsp3) is 0.0769. The van der Waals surface area contributed by atoms with Crippen LogP contribution in [0.2, 0.25) is 5.02 Å². The average molecular weight is 547 g/mol. The number of halogens is 1. The molecule has 1 heterocycles. The standard InChI is InChI=1S/C39H27ClO/c1-39(2)32-15-8-14-29(24-10-4-3-5-11-24)37(32)30-20-18-26(23-33(30)39)28-13-7-6-12-27(28)25-19-21-35-31(22-25)38-34(40)16-9-17-36(38)41-35/h3-23H,1-2H3. The lowest BCUT2D eigenvalue weighted by Gasteiger charge is -2.22. The summed E-state index contributed by atoms with van der Waals surface area (Å²) in [5.74, 6) is 0. The molecule has 1 nitrogen and oxygen atoms in total. The molecule has 1 aliphatic carbocycles. The van der Waals surface area contributed by atoms with Gasteiger partial charge in [-0.2, -0.15) is 0 Å². The second-order valence-corrected chi connectivity index (χ2v) is 11.9. The zero-order valence-electron chi connectivity index (χ0n) is 22.9. The molecular weight excluding hydrogens is 520 g/mol. The summed E-state index contributed by atoms with van der Waals surface area (Å²) in [5.41, 5.74) is 14.3. The van der Waals surface area contributed by atoms with Crippen molar-refractivity contribution in [2.24, 2.45) is 0 Å². The van der Waals surface area contributed by atoms with Crippen molar-refractivity contribution >= 4 is 33.5 Å². The van der Waals surface area contributed by atoms with E-state index in [1.54, 1.807) is 0 Å². The summed E-state index contributed by atoms with van der Waals surface area (Å²) in [5, 5.41) is 2.72. The Hall–Kier alpha value is -4.59. The second kappa shape index (κ2) is 8.96. The van der Waals surface area contributed by atoms with Crippen LogP contribution in [-0.2, 0) is 5.41 Å². The van der Waals surface area contributed by atoms with Crippen LogP contribution in [0, 0.1) is 0 Å². The fourth-order valence-corrected chi connectivity index (χ4v) is 7.02. The van der Waals surface area contributed by atoms with Gasteiger partial charge in [0.1, 0.15) is 11.2 Å². The quantitative estimate of drug-likeness (QED) is 0.215. The Bertz CT molecular complexity index is 2130. The van der Waals surface area contributed by atoms with Crippen LogP contribution in [0.1, 0.15) is 25.0 Å². The number of hydrogen-bond acceptors (Lipinski definition) is 1. The highest BCUT2D eigenvalue weighted by Crippen LogP contribution is 2.53. The van der Waals surface area contributed by atoms with Crippen molar-refractivity contribution in [2.45, 2.75) is 19.3 Å². The number of hydrogen-bond donors (Lipinski definition) is 0. The van der Waals surface area contributed by atoms with E-state index in [-0.39, 0.29) is 5.41 Å². The van der Waals surface area contributed by atoms with E-state index in [0.29, 0.717) is 5.02 Å². The highest BCUT2D eigenvalue weighted by atomic mass is 35.5. The molecular formula is C39H27ClO. The van der Waals surface area contributed by atoms with Crippen molar-refractivity contribution in [3.05, 3.63) is 144 Å². The van der Waals surface area contributed by atoms with E-state index in [1.165, 1.54) is 50.1 Å². The van der Waals surface area contributed by atoms with Crippen molar-refractivity contribution in [3.8, 4) is 44.5 Å². The molecule has 1 aromatic heterocycles. The summed E-state index contributed by atoms with van der Waals surface area (Å²) >= 11 is 6.61. The summed E-state index contributed by atoms with van der Waals surface area (Å²) in [6, 6.07) is 45.4. The van der Waals surface area contributed by atoms with Gasteiger partial charge in [-0.3, -0.25) is 0 Å². The molecule has 0 bridgehead atoms. The van der Waals surface area contributed by atoms with Crippen LogP contribution in [0.5, 0.6) is 0 Å². The highest BCUT2D eigenvalue weighted by molar-refractivity contribution is 6.37. The number of rotatable bonds is 3. The van der Waals surface area contributed by atoms with E-state index in [2.05, 4.69) is 123 Å². The minimum absolute atomic E-state index is 0.105. The van der Waals surface area contributed by atoms with Gasteiger partial charge in [-0.1, -0.05) is 123 Å². The van der Waals surface area contributed by atoms with Gasteiger partial charge in [0.15, 0.2) is 0 Å². The lowest BCUT2D eigenvalue weighted by molar-refractivity contribution is 0.660. The molecule has 0 N–H and O–H groups in total. The minimum atomic E-state index is -0.105. The SMILES string of the molecule is CC1(C)c2cc(-c3ccccc3-c3ccc4oc5cccc(Cl)c5c4c3)ccc2-c2c(-c3ccccc3)cccc21. The van der Waals surface area contributed by atoms with Crippen LogP contribution < -0.4 is 0 Å². The second-order valence-electron chi connectivity index (χ2n) is 11.5. The molecule has 41 heavy (non-hydrogen) atoms. The maximum atomic E-state index is 6.61. The number of benzene rings is 6. The van der Waals surface area contributed by atoms with Crippen molar-refractivity contribution in [3.63, 3.8) is 0 Å². The maximum absolute atomic E-state index is 6.61. The van der Waals surface area contributed by atoms with Gasteiger partial charge in [0.05, 0.1) is 5.02 Å². The smallest absolute Gasteiger partial charge is 0.136 e. The Kier molecular flexibility index (Phi) is 5.29. The molecule has 0 saturated heterocycles. The largest absolute Gasteiger partial charge is 0.456 e. The van der Waals surface area contributed by atoms with E-state index in [4.69, 9.17) is 16.0 Å². The minimum Gasteiger partial charge on any atom is -0.456 e. The molecule has 0 amide bonds. The lowest BCUT2D eigenvalue weighted by atomic mass is 9.81. The first-order valence-corrected chi connectivity index (χ1v) is 14.4. The summed E-state index contributed by atoms with van der Waals surface area (Å²) in [6.07, 6.45) is 0. The van der Waals surface area contributed by atoms with Crippen molar-refractivity contribution in [2.75, 3.05) is 0 Å². The van der Waals surface area contributed by atoms with Crippen molar-refractivity contribution in [1.29, 1.82) is 0 Å². The summed E-state index contributed by atoms with van der Waals surface area (Å²) < 4.78 is 6.10. The Morgan fingerprint density at radius 2 is 1.20 bits per heavy atom. The van der Waals surface area contributed by atoms with Crippen LogP contribution in [0.25, 0.3) is 66.4 Å². The molecule has 0 saturated carbocycles. The van der Waals surface area contributed by atoms with Gasteiger partial charge in [-0.15, -0.1) is 0 Å². The molecule has 8 rings (SSSR count). The van der Waals surface area contributed by atoms with Gasteiger partial charge in [0.25, 0.3) is 0 Å². The molecule has 0 spiro atoms. The molecule has 0 fully saturated rings. The van der Waals surface area contributed by atoms with Gasteiger partial charge >= 0.3 is 0 Å². The molecule has 196 valence electrons. The Morgan fingerprint density at radius 3 is 2.00 bits per heavy atom.